The lowest BCUT2D eigenvalue weighted by atomic mass is 10.1. The molecule has 3 heterocycles. The second-order valence-corrected chi connectivity index (χ2v) is 8.14. The fraction of sp³-hybridized carbons (Fsp3) is 0.280. The van der Waals surface area contributed by atoms with Crippen molar-refractivity contribution in [2.24, 2.45) is 0 Å². The number of benzene rings is 2. The smallest absolute Gasteiger partial charge is 0.283 e. The predicted octanol–water partition coefficient (Wildman–Crippen LogP) is 3.76. The molecule has 152 valence electrons. The van der Waals surface area contributed by atoms with Crippen LogP contribution in [0.5, 0.6) is 0 Å². The molecule has 1 saturated heterocycles. The second-order valence-electron chi connectivity index (χ2n) is 8.14. The topological polar surface area (TPSA) is 51.3 Å². The minimum absolute atomic E-state index is 0.0141. The summed E-state index contributed by atoms with van der Waals surface area (Å²) in [6, 6.07) is 16.2. The van der Waals surface area contributed by atoms with Gasteiger partial charge in [-0.15, -0.1) is 0 Å². The minimum atomic E-state index is -0.0141. The van der Waals surface area contributed by atoms with Crippen molar-refractivity contribution < 1.29 is 0 Å². The number of imidazole rings is 1. The van der Waals surface area contributed by atoms with Crippen molar-refractivity contribution in [2.75, 3.05) is 6.54 Å². The van der Waals surface area contributed by atoms with Crippen molar-refractivity contribution in [1.82, 2.24) is 19.5 Å². The van der Waals surface area contributed by atoms with Gasteiger partial charge in [-0.1, -0.05) is 36.8 Å². The number of nitrogens with zero attached hydrogens (tertiary/aromatic N) is 3. The third-order valence-electron chi connectivity index (χ3n) is 6.08. The highest BCUT2D eigenvalue weighted by Crippen LogP contribution is 2.22. The van der Waals surface area contributed by atoms with Crippen molar-refractivity contribution in [1.29, 1.82) is 0 Å². The summed E-state index contributed by atoms with van der Waals surface area (Å²) in [5, 5.41) is 4.22. The van der Waals surface area contributed by atoms with Gasteiger partial charge in [0.05, 0.1) is 17.6 Å². The Hall–Kier alpha value is -3.34. The number of aromatic nitrogens is 3. The Morgan fingerprint density at radius 3 is 2.60 bits per heavy atom. The van der Waals surface area contributed by atoms with Crippen LogP contribution in [0.4, 0.5) is 0 Å². The first kappa shape index (κ1) is 18.7. The van der Waals surface area contributed by atoms with Crippen molar-refractivity contribution in [2.45, 2.75) is 39.5 Å². The van der Waals surface area contributed by atoms with E-state index in [1.807, 2.05) is 41.0 Å². The van der Waals surface area contributed by atoms with E-state index in [9.17, 15) is 4.79 Å². The number of hydrogen-bond donors (Lipinski definition) is 1. The Labute approximate surface area is 175 Å². The first-order chi connectivity index (χ1) is 14.6. The molecule has 2 aromatic heterocycles. The largest absolute Gasteiger partial charge is 0.388 e. The Bertz CT molecular complexity index is 1320. The molecule has 0 aliphatic carbocycles. The van der Waals surface area contributed by atoms with Gasteiger partial charge in [0.1, 0.15) is 5.22 Å². The van der Waals surface area contributed by atoms with Gasteiger partial charge < -0.3 is 5.32 Å². The van der Waals surface area contributed by atoms with Crippen molar-refractivity contribution in [3.8, 4) is 16.9 Å². The number of hydrogen-bond acceptors (Lipinski definition) is 3. The fourth-order valence-electron chi connectivity index (χ4n) is 4.25. The molecule has 0 unspecified atom stereocenters. The molecule has 0 spiro atoms. The molecule has 0 radical (unpaired) electrons. The number of fused-ring (bicyclic) bond motifs is 1. The summed E-state index contributed by atoms with van der Waals surface area (Å²) < 4.78 is 3.65. The lowest BCUT2D eigenvalue weighted by Gasteiger charge is -2.05. The SMILES string of the molecule is Cc1ccc(-c2cn3c(n2)c(=C2CCCCCN2)c(=O)n3-c2ccccc2)cc1C. The number of aryl methyl sites for hydroxylation is 2. The van der Waals surface area contributed by atoms with E-state index in [1.54, 1.807) is 4.68 Å². The molecule has 5 nitrogen and oxygen atoms in total. The van der Waals surface area contributed by atoms with Crippen LogP contribution in [0.1, 0.15) is 36.8 Å². The maximum atomic E-state index is 13.5. The number of nitrogens with one attached hydrogen (secondary N) is 1. The lowest BCUT2D eigenvalue weighted by molar-refractivity contribution is 0.721. The molecule has 1 N–H and O–H groups in total. The number of rotatable bonds is 2. The first-order valence-electron chi connectivity index (χ1n) is 10.7. The summed E-state index contributed by atoms with van der Waals surface area (Å²) in [4.78, 5) is 18.5. The Morgan fingerprint density at radius 1 is 0.967 bits per heavy atom. The van der Waals surface area contributed by atoms with Crippen LogP contribution in [0.2, 0.25) is 0 Å². The average molecular weight is 399 g/mol. The fourth-order valence-corrected chi connectivity index (χ4v) is 4.25. The Balaban J connectivity index is 1.82. The van der Waals surface area contributed by atoms with E-state index in [4.69, 9.17) is 4.98 Å². The monoisotopic (exact) mass is 398 g/mol. The van der Waals surface area contributed by atoms with E-state index in [0.29, 0.717) is 5.22 Å². The maximum Gasteiger partial charge on any atom is 0.283 e. The van der Waals surface area contributed by atoms with Crippen LogP contribution in [-0.4, -0.2) is 20.7 Å². The molecular formula is C25H26N4O. The van der Waals surface area contributed by atoms with Crippen molar-refractivity contribution >= 4 is 11.3 Å². The third kappa shape index (κ3) is 3.11. The highest BCUT2D eigenvalue weighted by Gasteiger charge is 2.19. The highest BCUT2D eigenvalue weighted by atomic mass is 16.1. The molecule has 0 saturated carbocycles. The second kappa shape index (κ2) is 7.48. The standard InChI is InChI=1S/C25H26N4O/c1-17-12-13-19(15-18(17)2)22-16-28-24(27-22)23(21-11-7-4-8-14-26-21)25(30)29(28)20-9-5-3-6-10-20/h3,5-6,9-10,12-13,15-16,26H,4,7-8,11,14H2,1-2H3. The molecule has 1 aliphatic rings. The van der Waals surface area contributed by atoms with E-state index < -0.39 is 0 Å². The van der Waals surface area contributed by atoms with Crippen LogP contribution in [0.3, 0.4) is 0 Å². The van der Waals surface area contributed by atoms with Gasteiger partial charge in [-0.3, -0.25) is 4.79 Å². The predicted molar refractivity (Wildman–Crippen MR) is 121 cm³/mol. The van der Waals surface area contributed by atoms with Gasteiger partial charge in [0.25, 0.3) is 5.56 Å². The summed E-state index contributed by atoms with van der Waals surface area (Å²) in [5.41, 5.74) is 7.03. The Morgan fingerprint density at radius 2 is 1.80 bits per heavy atom. The van der Waals surface area contributed by atoms with Crippen LogP contribution in [0.25, 0.3) is 28.3 Å². The summed E-state index contributed by atoms with van der Waals surface area (Å²) in [6.45, 7) is 5.13. The van der Waals surface area contributed by atoms with E-state index >= 15 is 0 Å². The maximum absolute atomic E-state index is 13.5. The van der Waals surface area contributed by atoms with E-state index in [1.165, 1.54) is 17.5 Å². The van der Waals surface area contributed by atoms with E-state index in [-0.39, 0.29) is 5.56 Å². The molecule has 0 amide bonds. The molecule has 5 rings (SSSR count). The zero-order valence-corrected chi connectivity index (χ0v) is 17.5. The molecule has 5 heteroatoms. The Kier molecular flexibility index (Phi) is 4.66. The number of para-hydroxylation sites is 1. The zero-order valence-electron chi connectivity index (χ0n) is 17.5. The molecular weight excluding hydrogens is 372 g/mol. The third-order valence-corrected chi connectivity index (χ3v) is 6.08. The van der Waals surface area contributed by atoms with Crippen LogP contribution in [0, 0.1) is 13.8 Å². The van der Waals surface area contributed by atoms with E-state index in [0.717, 1.165) is 54.1 Å². The van der Waals surface area contributed by atoms with Crippen LogP contribution in [0.15, 0.2) is 59.5 Å². The summed E-state index contributed by atoms with van der Waals surface area (Å²) in [6.07, 6.45) is 6.28. The molecule has 0 atom stereocenters. The summed E-state index contributed by atoms with van der Waals surface area (Å²) >= 11 is 0. The average Bonchev–Trinajstić information content (AvgIpc) is 3.14. The summed E-state index contributed by atoms with van der Waals surface area (Å²) in [5.74, 6) is 0. The van der Waals surface area contributed by atoms with Crippen LogP contribution in [-0.2, 0) is 0 Å². The highest BCUT2D eigenvalue weighted by molar-refractivity contribution is 5.66. The molecule has 2 aromatic carbocycles. The molecule has 0 bridgehead atoms. The van der Waals surface area contributed by atoms with Gasteiger partial charge in [0.15, 0.2) is 5.65 Å². The molecule has 4 aromatic rings. The van der Waals surface area contributed by atoms with Gasteiger partial charge >= 0.3 is 0 Å². The van der Waals surface area contributed by atoms with Crippen LogP contribution < -0.4 is 16.1 Å². The van der Waals surface area contributed by atoms with Gasteiger partial charge in [0, 0.05) is 17.8 Å². The van der Waals surface area contributed by atoms with E-state index in [2.05, 4.69) is 37.4 Å². The van der Waals surface area contributed by atoms with Gasteiger partial charge in [-0.2, -0.15) is 0 Å². The van der Waals surface area contributed by atoms with Gasteiger partial charge in [-0.05, 0) is 62.4 Å². The quantitative estimate of drug-likeness (QED) is 0.559. The minimum Gasteiger partial charge on any atom is -0.388 e. The molecule has 1 aliphatic heterocycles. The zero-order chi connectivity index (χ0) is 20.7. The van der Waals surface area contributed by atoms with Crippen molar-refractivity contribution in [3.63, 3.8) is 0 Å². The van der Waals surface area contributed by atoms with Crippen molar-refractivity contribution in [3.05, 3.63) is 81.4 Å². The van der Waals surface area contributed by atoms with Gasteiger partial charge in [-0.25, -0.2) is 14.2 Å². The normalized spacial score (nSPS) is 16.5. The lowest BCUT2D eigenvalue weighted by Crippen LogP contribution is -2.33. The molecule has 1 fully saturated rings. The molecule has 30 heavy (non-hydrogen) atoms. The first-order valence-corrected chi connectivity index (χ1v) is 10.7. The van der Waals surface area contributed by atoms with Gasteiger partial charge in [0.2, 0.25) is 0 Å². The van der Waals surface area contributed by atoms with Crippen LogP contribution >= 0.6 is 0 Å². The summed E-state index contributed by atoms with van der Waals surface area (Å²) in [7, 11) is 0.